The quantitative estimate of drug-likeness (QED) is 0.560. The summed E-state index contributed by atoms with van der Waals surface area (Å²) in [6.45, 7) is 0.846. The van der Waals surface area contributed by atoms with Crippen molar-refractivity contribution in [2.75, 3.05) is 18.1 Å². The Balaban J connectivity index is 2.47. The van der Waals surface area contributed by atoms with Crippen molar-refractivity contribution >= 4 is 9.84 Å². The molecule has 4 heteroatoms. The first-order valence-electron chi connectivity index (χ1n) is 3.95. The molecule has 1 rings (SSSR count). The molecule has 0 saturated carbocycles. The van der Waals surface area contributed by atoms with Gasteiger partial charge in [0, 0.05) is 5.92 Å². The molecule has 0 bridgehead atoms. The number of sulfone groups is 1. The normalized spacial score (nSPS) is 30.1. The lowest BCUT2D eigenvalue weighted by atomic mass is 10.1. The largest absolute Gasteiger partial charge is 0.479 e. The van der Waals surface area contributed by atoms with Gasteiger partial charge < -0.3 is 5.32 Å². The molecule has 0 spiro atoms. The van der Waals surface area contributed by atoms with Gasteiger partial charge in [0.2, 0.25) is 0 Å². The van der Waals surface area contributed by atoms with E-state index in [9.17, 15) is 8.42 Å². The number of nitrogens with two attached hydrogens (primary N) is 1. The van der Waals surface area contributed by atoms with Crippen LogP contribution in [0.3, 0.4) is 0 Å². The molecule has 0 radical (unpaired) electrons. The third-order valence-corrected chi connectivity index (χ3v) is 3.95. The molecule has 11 heavy (non-hydrogen) atoms. The van der Waals surface area contributed by atoms with Crippen molar-refractivity contribution < 1.29 is 13.7 Å². The zero-order valence-corrected chi connectivity index (χ0v) is 7.44. The predicted octanol–water partition coefficient (Wildman–Crippen LogP) is -0.834. The maximum Gasteiger partial charge on any atom is 0.150 e. The highest BCUT2D eigenvalue weighted by Gasteiger charge is 2.24. The highest BCUT2D eigenvalue weighted by molar-refractivity contribution is 7.91. The topological polar surface area (TPSA) is 50.8 Å². The van der Waals surface area contributed by atoms with Gasteiger partial charge in [-0.3, -0.25) is 0 Å². The van der Waals surface area contributed by atoms with Gasteiger partial charge in [0.1, 0.15) is 0 Å². The molecule has 1 fully saturated rings. The van der Waals surface area contributed by atoms with E-state index in [1.807, 2.05) is 5.32 Å². The van der Waals surface area contributed by atoms with Crippen molar-refractivity contribution in [1.82, 2.24) is 0 Å². The maximum atomic E-state index is 11.1. The van der Waals surface area contributed by atoms with Crippen molar-refractivity contribution in [2.45, 2.75) is 12.8 Å². The molecule has 66 valence electrons. The molecule has 1 aliphatic rings. The molecule has 0 aromatic heterocycles. The van der Waals surface area contributed by atoms with Crippen molar-refractivity contribution in [3.8, 4) is 0 Å². The molecule has 3 nitrogen and oxygen atoms in total. The monoisotopic (exact) mass is 177 g/mol. The Morgan fingerprint density at radius 3 is 2.82 bits per heavy atom. The molecule has 0 aromatic carbocycles. The Morgan fingerprint density at radius 2 is 2.27 bits per heavy atom. The van der Waals surface area contributed by atoms with E-state index in [1.165, 1.54) is 0 Å². The second-order valence-corrected chi connectivity index (χ2v) is 5.38. The lowest BCUT2D eigenvalue weighted by molar-refractivity contribution is -0.601. The van der Waals surface area contributed by atoms with E-state index in [-0.39, 0.29) is 0 Å². The fourth-order valence-corrected chi connectivity index (χ4v) is 3.33. The molecular formula is C7H15NO2S. The van der Waals surface area contributed by atoms with Crippen LogP contribution in [0.5, 0.6) is 0 Å². The van der Waals surface area contributed by atoms with Crippen LogP contribution < -0.4 is 5.32 Å². The summed E-state index contributed by atoms with van der Waals surface area (Å²) in [4.78, 5) is 0. The number of hydrogen-bond donors (Lipinski definition) is 1. The fourth-order valence-electron chi connectivity index (χ4n) is 1.54. The van der Waals surface area contributed by atoms with Crippen LogP contribution in [0.1, 0.15) is 12.8 Å². The van der Waals surface area contributed by atoms with E-state index < -0.39 is 9.84 Å². The zero-order chi connectivity index (χ0) is 8.32. The first-order chi connectivity index (χ1) is 5.14. The van der Waals surface area contributed by atoms with Crippen LogP contribution in [0.4, 0.5) is 0 Å². The minimum Gasteiger partial charge on any atom is -0.479 e. The predicted molar refractivity (Wildman–Crippen MR) is 43.5 cm³/mol. The summed E-state index contributed by atoms with van der Waals surface area (Å²) < 4.78 is 22.2. The molecule has 0 aromatic rings. The summed E-state index contributed by atoms with van der Waals surface area (Å²) in [6.07, 6.45) is 1.88. The van der Waals surface area contributed by atoms with Crippen LogP contribution in [0.25, 0.3) is 0 Å². The minimum absolute atomic E-state index is 0.339. The number of rotatable bonds is 2. The van der Waals surface area contributed by atoms with Crippen molar-refractivity contribution in [3.05, 3.63) is 7.05 Å². The van der Waals surface area contributed by atoms with Crippen LogP contribution in [-0.2, 0) is 9.84 Å². The van der Waals surface area contributed by atoms with Crippen molar-refractivity contribution in [2.24, 2.45) is 5.92 Å². The highest BCUT2D eigenvalue weighted by Crippen LogP contribution is 2.16. The zero-order valence-electron chi connectivity index (χ0n) is 6.62. The molecule has 1 unspecified atom stereocenters. The Labute approximate surface area is 68.1 Å². The smallest absolute Gasteiger partial charge is 0.150 e. The summed E-state index contributed by atoms with van der Waals surface area (Å²) in [6, 6.07) is 0. The first-order valence-corrected chi connectivity index (χ1v) is 5.77. The molecular weight excluding hydrogens is 162 g/mol. The van der Waals surface area contributed by atoms with Gasteiger partial charge in [-0.2, -0.15) is 7.05 Å². The van der Waals surface area contributed by atoms with Gasteiger partial charge in [-0.05, 0) is 12.8 Å². The third kappa shape index (κ3) is 2.79. The molecule has 1 heterocycles. The Hall–Kier alpha value is -0.0900. The lowest BCUT2D eigenvalue weighted by Crippen LogP contribution is -2.79. The SMILES string of the molecule is [CH2-][NH2+]CC1CCCS(=O)(=O)C1. The van der Waals surface area contributed by atoms with Gasteiger partial charge in [0.15, 0.2) is 9.84 Å². The summed E-state index contributed by atoms with van der Waals surface area (Å²) in [5, 5.41) is 1.81. The molecule has 1 aliphatic heterocycles. The minimum atomic E-state index is -2.70. The van der Waals surface area contributed by atoms with Crippen LogP contribution in [0.2, 0.25) is 0 Å². The summed E-state index contributed by atoms with van der Waals surface area (Å²) >= 11 is 0. The number of hydrogen-bond acceptors (Lipinski definition) is 2. The van der Waals surface area contributed by atoms with Crippen LogP contribution in [-0.4, -0.2) is 26.5 Å². The van der Waals surface area contributed by atoms with Crippen LogP contribution in [0, 0.1) is 13.0 Å². The van der Waals surface area contributed by atoms with E-state index >= 15 is 0 Å². The van der Waals surface area contributed by atoms with Crippen LogP contribution >= 0.6 is 0 Å². The van der Waals surface area contributed by atoms with E-state index in [0.29, 0.717) is 17.4 Å². The van der Waals surface area contributed by atoms with Crippen molar-refractivity contribution in [1.29, 1.82) is 0 Å². The van der Waals surface area contributed by atoms with Crippen LogP contribution in [0.15, 0.2) is 0 Å². The van der Waals surface area contributed by atoms with Gasteiger partial charge >= 0.3 is 0 Å². The Bertz CT molecular complexity index is 208. The van der Waals surface area contributed by atoms with Gasteiger partial charge in [-0.1, -0.05) is 0 Å². The molecule has 1 saturated heterocycles. The van der Waals surface area contributed by atoms with Crippen molar-refractivity contribution in [3.63, 3.8) is 0 Å². The summed E-state index contributed by atoms with van der Waals surface area (Å²) in [5.74, 6) is 1.10. The van der Waals surface area contributed by atoms with E-state index in [2.05, 4.69) is 7.05 Å². The average molecular weight is 177 g/mol. The second-order valence-electron chi connectivity index (χ2n) is 3.15. The highest BCUT2D eigenvalue weighted by atomic mass is 32.2. The maximum absolute atomic E-state index is 11.1. The Kier molecular flexibility index (Phi) is 2.90. The molecule has 0 aliphatic carbocycles. The van der Waals surface area contributed by atoms with E-state index in [1.54, 1.807) is 0 Å². The van der Waals surface area contributed by atoms with Gasteiger partial charge in [0.05, 0.1) is 18.1 Å². The van der Waals surface area contributed by atoms with E-state index in [0.717, 1.165) is 19.4 Å². The second kappa shape index (κ2) is 3.54. The summed E-state index contributed by atoms with van der Waals surface area (Å²) in [5.41, 5.74) is 0. The first kappa shape index (κ1) is 9.00. The average Bonchev–Trinajstić information content (AvgIpc) is 1.85. The Morgan fingerprint density at radius 1 is 1.55 bits per heavy atom. The summed E-state index contributed by atoms with van der Waals surface area (Å²) in [7, 11) is 0.906. The molecule has 1 atom stereocenters. The number of quaternary nitrogens is 1. The van der Waals surface area contributed by atoms with E-state index in [4.69, 9.17) is 0 Å². The molecule has 0 amide bonds. The van der Waals surface area contributed by atoms with Gasteiger partial charge in [-0.25, -0.2) is 8.42 Å². The lowest BCUT2D eigenvalue weighted by Gasteiger charge is -2.20. The van der Waals surface area contributed by atoms with Gasteiger partial charge in [0.25, 0.3) is 0 Å². The standard InChI is InChI=1S/C7H15NO2S/c1-8-5-7-3-2-4-11(9,10)6-7/h7H,1-6,8H2. The fraction of sp³-hybridized carbons (Fsp3) is 0.857. The third-order valence-electron chi connectivity index (χ3n) is 2.06. The van der Waals surface area contributed by atoms with Gasteiger partial charge in [-0.15, -0.1) is 0 Å². The molecule has 2 N–H and O–H groups in total.